The van der Waals surface area contributed by atoms with Crippen LogP contribution in [-0.4, -0.2) is 48.4 Å². The van der Waals surface area contributed by atoms with Gasteiger partial charge in [-0.25, -0.2) is 0 Å². The van der Waals surface area contributed by atoms with E-state index in [1.54, 1.807) is 0 Å². The molecule has 0 bridgehead atoms. The van der Waals surface area contributed by atoms with Crippen LogP contribution in [0.2, 0.25) is 0 Å². The van der Waals surface area contributed by atoms with E-state index in [0.29, 0.717) is 0 Å². The third kappa shape index (κ3) is 16.5. The summed E-state index contributed by atoms with van der Waals surface area (Å²) < 4.78 is 1.42. The number of aliphatic hydroxyl groups is 1. The molecule has 0 aromatic carbocycles. The van der Waals surface area contributed by atoms with Crippen molar-refractivity contribution in [3.63, 3.8) is 0 Å². The molecule has 0 saturated heterocycles. The summed E-state index contributed by atoms with van der Waals surface area (Å²) in [4.78, 5) is 0. The second-order valence-electron chi connectivity index (χ2n) is 5.65. The smallest absolute Gasteiger partial charge is 0.0786 e. The van der Waals surface area contributed by atoms with E-state index >= 15 is 0 Å². The van der Waals surface area contributed by atoms with Crippen LogP contribution in [0.25, 0.3) is 0 Å². The summed E-state index contributed by atoms with van der Waals surface area (Å²) in [6, 6.07) is 0. The van der Waals surface area contributed by atoms with Crippen LogP contribution in [0.3, 0.4) is 0 Å². The largest absolute Gasteiger partial charge is 0.870 e. The molecule has 3 nitrogen and oxygen atoms in total. The fraction of sp³-hybridized carbons (Fsp3) is 1.00. The molecular weight excluding hydrogens is 281 g/mol. The van der Waals surface area contributed by atoms with Crippen molar-refractivity contribution in [3.05, 3.63) is 0 Å². The Labute approximate surface area is 138 Å². The fourth-order valence-electron chi connectivity index (χ4n) is 2.64. The highest BCUT2D eigenvalue weighted by atomic mass is 31.0. The number of hydrogen-bond donors (Lipinski definition) is 1. The molecule has 0 aliphatic carbocycles. The minimum atomic E-state index is 0. The summed E-state index contributed by atoms with van der Waals surface area (Å²) in [6.45, 7) is 15.0. The van der Waals surface area contributed by atoms with Crippen LogP contribution < -0.4 is 0 Å². The van der Waals surface area contributed by atoms with E-state index in [9.17, 15) is 0 Å². The number of rotatable bonds is 12. The Kier molecular flexibility index (Phi) is 31.6. The Morgan fingerprint density at radius 1 is 0.571 bits per heavy atom. The number of quaternary nitrogens is 1. The molecule has 0 spiro atoms. The zero-order valence-electron chi connectivity index (χ0n) is 15.5. The van der Waals surface area contributed by atoms with Crippen LogP contribution in [0.4, 0.5) is 0 Å². The van der Waals surface area contributed by atoms with Crippen molar-refractivity contribution in [2.45, 2.75) is 79.1 Å². The van der Waals surface area contributed by atoms with E-state index < -0.39 is 0 Å². The minimum absolute atomic E-state index is 0. The SMILES string of the molecule is CCCC[N+](CCCC)(CCCC)CCCC.CO.P.[OH-]. The first-order chi connectivity index (χ1) is 9.24. The van der Waals surface area contributed by atoms with Gasteiger partial charge in [0.1, 0.15) is 0 Å². The normalized spacial score (nSPS) is 10.0. The quantitative estimate of drug-likeness (QED) is 0.424. The third-order valence-electron chi connectivity index (χ3n) is 3.94. The van der Waals surface area contributed by atoms with Gasteiger partial charge in [0, 0.05) is 7.11 Å². The lowest BCUT2D eigenvalue weighted by atomic mass is 10.1. The molecule has 1 unspecified atom stereocenters. The van der Waals surface area contributed by atoms with Crippen molar-refractivity contribution in [1.82, 2.24) is 0 Å². The van der Waals surface area contributed by atoms with E-state index in [-0.39, 0.29) is 15.4 Å². The molecule has 0 saturated carbocycles. The van der Waals surface area contributed by atoms with Gasteiger partial charge in [-0.3, -0.25) is 0 Å². The summed E-state index contributed by atoms with van der Waals surface area (Å²) in [5.74, 6) is 0. The van der Waals surface area contributed by atoms with Gasteiger partial charge in [-0.15, -0.1) is 0 Å². The maximum atomic E-state index is 7.00. The average molecular weight is 326 g/mol. The Hall–Kier alpha value is 0.310. The monoisotopic (exact) mass is 325 g/mol. The molecule has 0 amide bonds. The van der Waals surface area contributed by atoms with Crippen LogP contribution >= 0.6 is 9.90 Å². The standard InChI is InChI=1S/C16H36N.CH4O.H2O.H3P/c1-5-9-13-17(14-10-6-2,15-11-7-3)16-12-8-4;1-2;;/h5-16H2,1-4H3;2H,1H3;1H2;1H3/q+1;;;/p-1. The highest BCUT2D eigenvalue weighted by Gasteiger charge is 2.24. The molecule has 0 radical (unpaired) electrons. The Bertz CT molecular complexity index is 131. The van der Waals surface area contributed by atoms with E-state index in [4.69, 9.17) is 5.11 Å². The lowest BCUT2D eigenvalue weighted by Crippen LogP contribution is -2.50. The molecule has 134 valence electrons. The first-order valence-electron chi connectivity index (χ1n) is 8.54. The summed E-state index contributed by atoms with van der Waals surface area (Å²) in [6.07, 6.45) is 11.1. The molecule has 21 heavy (non-hydrogen) atoms. The van der Waals surface area contributed by atoms with Crippen LogP contribution in [0, 0.1) is 0 Å². The van der Waals surface area contributed by atoms with Gasteiger partial charge in [0.15, 0.2) is 0 Å². The van der Waals surface area contributed by atoms with E-state index in [1.807, 2.05) is 0 Å². The number of unbranched alkanes of at least 4 members (excludes halogenated alkanes) is 4. The predicted octanol–water partition coefficient (Wildman–Crippen LogP) is 4.49. The van der Waals surface area contributed by atoms with Gasteiger partial charge < -0.3 is 15.1 Å². The van der Waals surface area contributed by atoms with E-state index in [2.05, 4.69) is 27.7 Å². The Balaban J connectivity index is -0.000000344. The third-order valence-corrected chi connectivity index (χ3v) is 3.94. The zero-order valence-corrected chi connectivity index (χ0v) is 16.9. The van der Waals surface area contributed by atoms with Crippen molar-refractivity contribution in [2.24, 2.45) is 0 Å². The molecule has 0 rings (SSSR count). The van der Waals surface area contributed by atoms with E-state index in [1.165, 1.54) is 82.0 Å². The molecule has 2 N–H and O–H groups in total. The zero-order chi connectivity index (χ0) is 15.0. The van der Waals surface area contributed by atoms with Gasteiger partial charge in [0.2, 0.25) is 0 Å². The van der Waals surface area contributed by atoms with Crippen molar-refractivity contribution in [2.75, 3.05) is 33.3 Å². The maximum Gasteiger partial charge on any atom is 0.0786 e. The number of aliphatic hydroxyl groups excluding tert-OH is 1. The lowest BCUT2D eigenvalue weighted by molar-refractivity contribution is -0.929. The average Bonchev–Trinajstić information content (AvgIpc) is 2.48. The molecule has 0 aliphatic heterocycles. The molecule has 0 aromatic rings. The molecule has 4 heteroatoms. The van der Waals surface area contributed by atoms with Gasteiger partial charge in [-0.1, -0.05) is 53.4 Å². The number of hydrogen-bond acceptors (Lipinski definition) is 2. The summed E-state index contributed by atoms with van der Waals surface area (Å²) in [5.41, 5.74) is 0. The van der Waals surface area contributed by atoms with Crippen LogP contribution in [0.5, 0.6) is 0 Å². The Morgan fingerprint density at radius 3 is 0.905 bits per heavy atom. The molecule has 0 aliphatic rings. The summed E-state index contributed by atoms with van der Waals surface area (Å²) in [7, 11) is 1.00. The van der Waals surface area contributed by atoms with Crippen molar-refractivity contribution < 1.29 is 15.1 Å². The van der Waals surface area contributed by atoms with Gasteiger partial charge in [-0.2, -0.15) is 9.90 Å². The van der Waals surface area contributed by atoms with Crippen LogP contribution in [-0.2, 0) is 0 Å². The predicted molar refractivity (Wildman–Crippen MR) is 101 cm³/mol. The second kappa shape index (κ2) is 22.6. The maximum absolute atomic E-state index is 7.00. The molecular formula is C17H44NO2P. The van der Waals surface area contributed by atoms with Crippen molar-refractivity contribution in [3.8, 4) is 0 Å². The molecule has 1 atom stereocenters. The minimum Gasteiger partial charge on any atom is -0.870 e. The topological polar surface area (TPSA) is 50.2 Å². The van der Waals surface area contributed by atoms with Gasteiger partial charge >= 0.3 is 0 Å². The molecule has 0 fully saturated rings. The Morgan fingerprint density at radius 2 is 0.762 bits per heavy atom. The first kappa shape index (κ1) is 29.3. The van der Waals surface area contributed by atoms with E-state index in [0.717, 1.165) is 7.11 Å². The van der Waals surface area contributed by atoms with Gasteiger partial charge in [0.05, 0.1) is 26.2 Å². The highest BCUT2D eigenvalue weighted by molar-refractivity contribution is 6.92. The van der Waals surface area contributed by atoms with Crippen LogP contribution in [0.15, 0.2) is 0 Å². The molecule has 0 heterocycles. The van der Waals surface area contributed by atoms with Gasteiger partial charge in [-0.05, 0) is 25.7 Å². The molecule has 0 aromatic heterocycles. The van der Waals surface area contributed by atoms with Crippen LogP contribution in [0.1, 0.15) is 79.1 Å². The fourth-order valence-corrected chi connectivity index (χ4v) is 2.64. The van der Waals surface area contributed by atoms with Gasteiger partial charge in [0.25, 0.3) is 0 Å². The first-order valence-corrected chi connectivity index (χ1v) is 8.54. The number of nitrogens with zero attached hydrogens (tertiary/aromatic N) is 1. The summed E-state index contributed by atoms with van der Waals surface area (Å²) >= 11 is 0. The van der Waals surface area contributed by atoms with Crippen molar-refractivity contribution >= 4 is 9.90 Å². The lowest BCUT2D eigenvalue weighted by Gasteiger charge is -2.39. The van der Waals surface area contributed by atoms with Crippen molar-refractivity contribution in [1.29, 1.82) is 0 Å². The second-order valence-corrected chi connectivity index (χ2v) is 5.65. The summed E-state index contributed by atoms with van der Waals surface area (Å²) in [5, 5.41) is 7.00. The highest BCUT2D eigenvalue weighted by Crippen LogP contribution is 2.16.